The number of carbonyl (C=O) groups is 1. The summed E-state index contributed by atoms with van der Waals surface area (Å²) in [4.78, 5) is 12.9. The van der Waals surface area contributed by atoms with Gasteiger partial charge in [0.25, 0.3) is 0 Å². The quantitative estimate of drug-likeness (QED) is 0.370. The summed E-state index contributed by atoms with van der Waals surface area (Å²) in [5.41, 5.74) is 2.09. The SMILES string of the molecule is COCc1ccc(OC(F)(F)F)c(CNC(=O)Nc2c(C)c(OC[C@H]3CCN3)nn2-c2ccccc2)c1. The molecule has 1 saturated heterocycles. The molecule has 0 saturated carbocycles. The fourth-order valence-corrected chi connectivity index (χ4v) is 3.76. The third-order valence-electron chi connectivity index (χ3n) is 5.76. The Hall–Kier alpha value is -3.77. The Morgan fingerprint density at radius 2 is 1.97 bits per heavy atom. The Morgan fingerprint density at radius 3 is 2.62 bits per heavy atom. The molecule has 3 N–H and O–H groups in total. The van der Waals surface area contributed by atoms with Crippen molar-refractivity contribution in [3.63, 3.8) is 0 Å². The first-order valence-electron chi connectivity index (χ1n) is 11.7. The predicted octanol–water partition coefficient (Wildman–Crippen LogP) is 4.29. The molecule has 1 atom stereocenters. The van der Waals surface area contributed by atoms with Gasteiger partial charge in [-0.3, -0.25) is 5.32 Å². The van der Waals surface area contributed by atoms with Crippen molar-refractivity contribution in [3.8, 4) is 17.3 Å². The highest BCUT2D eigenvalue weighted by atomic mass is 19.4. The molecule has 0 unspecified atom stereocenters. The molecular formula is C25H28F3N5O4. The topological polar surface area (TPSA) is 98.7 Å². The van der Waals surface area contributed by atoms with Gasteiger partial charge in [0.15, 0.2) is 0 Å². The average Bonchev–Trinajstić information content (AvgIpc) is 3.13. The highest BCUT2D eigenvalue weighted by molar-refractivity contribution is 5.89. The molecule has 198 valence electrons. The lowest BCUT2D eigenvalue weighted by Gasteiger charge is -2.26. The molecule has 1 aromatic heterocycles. The number of aromatic nitrogens is 2. The van der Waals surface area contributed by atoms with Gasteiger partial charge in [0.05, 0.1) is 17.9 Å². The summed E-state index contributed by atoms with van der Waals surface area (Å²) in [7, 11) is 1.48. The Balaban J connectivity index is 1.51. The summed E-state index contributed by atoms with van der Waals surface area (Å²) in [6, 6.07) is 13.0. The number of carbonyl (C=O) groups excluding carboxylic acids is 1. The summed E-state index contributed by atoms with van der Waals surface area (Å²) >= 11 is 0. The van der Waals surface area contributed by atoms with Crippen LogP contribution < -0.4 is 25.4 Å². The van der Waals surface area contributed by atoms with E-state index in [1.54, 1.807) is 11.6 Å². The van der Waals surface area contributed by atoms with Crippen LogP contribution in [0.4, 0.5) is 23.8 Å². The molecule has 2 heterocycles. The number of nitrogens with one attached hydrogen (secondary N) is 3. The van der Waals surface area contributed by atoms with Gasteiger partial charge in [-0.2, -0.15) is 0 Å². The van der Waals surface area contributed by atoms with Crippen LogP contribution in [0.15, 0.2) is 48.5 Å². The van der Waals surface area contributed by atoms with Crippen molar-refractivity contribution in [3.05, 3.63) is 65.2 Å². The van der Waals surface area contributed by atoms with Gasteiger partial charge in [0, 0.05) is 25.3 Å². The molecule has 0 spiro atoms. The number of nitrogens with zero attached hydrogens (tertiary/aromatic N) is 2. The fraction of sp³-hybridized carbons (Fsp3) is 0.360. The van der Waals surface area contributed by atoms with Crippen molar-refractivity contribution in [1.82, 2.24) is 20.4 Å². The second-order valence-corrected chi connectivity index (χ2v) is 8.51. The van der Waals surface area contributed by atoms with E-state index in [2.05, 4.69) is 25.8 Å². The monoisotopic (exact) mass is 519 g/mol. The summed E-state index contributed by atoms with van der Waals surface area (Å²) < 4.78 is 55.3. The molecule has 1 aliphatic rings. The Kier molecular flexibility index (Phi) is 8.19. The number of halogens is 3. The van der Waals surface area contributed by atoms with E-state index in [9.17, 15) is 18.0 Å². The van der Waals surface area contributed by atoms with E-state index in [4.69, 9.17) is 9.47 Å². The molecule has 3 aromatic rings. The zero-order valence-corrected chi connectivity index (χ0v) is 20.4. The molecule has 12 heteroatoms. The lowest BCUT2D eigenvalue weighted by molar-refractivity contribution is -0.274. The number of alkyl halides is 3. The van der Waals surface area contributed by atoms with E-state index in [0.717, 1.165) is 13.0 Å². The van der Waals surface area contributed by atoms with Crippen LogP contribution in [0.3, 0.4) is 0 Å². The maximum atomic E-state index is 12.9. The molecular weight excluding hydrogens is 491 g/mol. The number of para-hydroxylation sites is 1. The molecule has 1 fully saturated rings. The molecule has 0 aliphatic carbocycles. The van der Waals surface area contributed by atoms with E-state index in [1.165, 1.54) is 25.3 Å². The Labute approximate surface area is 211 Å². The van der Waals surface area contributed by atoms with E-state index in [1.807, 2.05) is 30.3 Å². The predicted molar refractivity (Wildman–Crippen MR) is 130 cm³/mol. The van der Waals surface area contributed by atoms with E-state index >= 15 is 0 Å². The zero-order valence-electron chi connectivity index (χ0n) is 20.4. The van der Waals surface area contributed by atoms with Gasteiger partial charge in [-0.25, -0.2) is 9.48 Å². The van der Waals surface area contributed by atoms with Gasteiger partial charge in [-0.1, -0.05) is 24.3 Å². The minimum atomic E-state index is -4.87. The number of hydrogen-bond donors (Lipinski definition) is 3. The number of anilines is 1. The first kappa shape index (κ1) is 26.3. The summed E-state index contributed by atoms with van der Waals surface area (Å²) in [6.07, 6.45) is -3.86. The van der Waals surface area contributed by atoms with Gasteiger partial charge in [0.1, 0.15) is 18.2 Å². The summed E-state index contributed by atoms with van der Waals surface area (Å²) in [5, 5.41) is 13.1. The lowest BCUT2D eigenvalue weighted by atomic mass is 10.1. The van der Waals surface area contributed by atoms with Crippen LogP contribution in [-0.4, -0.2) is 48.5 Å². The summed E-state index contributed by atoms with van der Waals surface area (Å²) in [5.74, 6) is 0.347. The molecule has 0 radical (unpaired) electrons. The van der Waals surface area contributed by atoms with Crippen LogP contribution >= 0.6 is 0 Å². The number of ether oxygens (including phenoxy) is 3. The summed E-state index contributed by atoms with van der Waals surface area (Å²) in [6.45, 7) is 3.14. The Bertz CT molecular complexity index is 1210. The first-order valence-corrected chi connectivity index (χ1v) is 11.7. The van der Waals surface area contributed by atoms with Crippen molar-refractivity contribution < 1.29 is 32.2 Å². The second kappa shape index (κ2) is 11.5. The van der Waals surface area contributed by atoms with Crippen molar-refractivity contribution in [2.75, 3.05) is 25.6 Å². The number of methoxy groups -OCH3 is 1. The third kappa shape index (κ3) is 6.92. The number of hydrogen-bond acceptors (Lipinski definition) is 6. The molecule has 4 rings (SSSR count). The van der Waals surface area contributed by atoms with Crippen LogP contribution in [-0.2, 0) is 17.9 Å². The van der Waals surface area contributed by atoms with Crippen molar-refractivity contribution >= 4 is 11.8 Å². The van der Waals surface area contributed by atoms with Crippen LogP contribution in [0.1, 0.15) is 23.1 Å². The molecule has 2 amide bonds. The van der Waals surface area contributed by atoms with Crippen molar-refractivity contribution in [2.24, 2.45) is 0 Å². The van der Waals surface area contributed by atoms with E-state index < -0.39 is 18.1 Å². The number of rotatable bonds is 10. The number of urea groups is 1. The molecule has 9 nitrogen and oxygen atoms in total. The number of amides is 2. The van der Waals surface area contributed by atoms with E-state index in [0.29, 0.717) is 35.1 Å². The van der Waals surface area contributed by atoms with Gasteiger partial charge in [-0.05, 0) is 49.7 Å². The highest BCUT2D eigenvalue weighted by Gasteiger charge is 2.32. The van der Waals surface area contributed by atoms with Crippen LogP contribution in [0.25, 0.3) is 5.69 Å². The van der Waals surface area contributed by atoms with Gasteiger partial charge in [0.2, 0.25) is 5.88 Å². The first-order chi connectivity index (χ1) is 17.7. The van der Waals surface area contributed by atoms with E-state index in [-0.39, 0.29) is 24.8 Å². The number of benzene rings is 2. The van der Waals surface area contributed by atoms with Crippen molar-refractivity contribution in [2.45, 2.75) is 38.9 Å². The minimum absolute atomic E-state index is 0.146. The van der Waals surface area contributed by atoms with Crippen LogP contribution in [0, 0.1) is 6.92 Å². The largest absolute Gasteiger partial charge is 0.573 e. The maximum absolute atomic E-state index is 12.9. The molecule has 37 heavy (non-hydrogen) atoms. The molecule has 0 bridgehead atoms. The molecule has 1 aliphatic heterocycles. The maximum Gasteiger partial charge on any atom is 0.573 e. The van der Waals surface area contributed by atoms with Gasteiger partial charge in [-0.15, -0.1) is 18.3 Å². The standard InChI is InChI=1S/C25H28F3N5O4/c1-16-22(33(20-6-4-3-5-7-20)32-23(16)36-15-19-10-11-29-19)31-24(34)30-13-18-12-17(14-35-2)8-9-21(18)37-25(26,27)28/h3-9,12,19,29H,10-11,13-15H2,1-2H3,(H2,30,31,34)/t19-/m1/s1. The van der Waals surface area contributed by atoms with Crippen LogP contribution in [0.2, 0.25) is 0 Å². The van der Waals surface area contributed by atoms with Gasteiger partial charge >= 0.3 is 12.4 Å². The molecule has 2 aromatic carbocycles. The average molecular weight is 520 g/mol. The highest BCUT2D eigenvalue weighted by Crippen LogP contribution is 2.30. The minimum Gasteiger partial charge on any atom is -0.475 e. The Morgan fingerprint density at radius 1 is 1.22 bits per heavy atom. The van der Waals surface area contributed by atoms with Gasteiger partial charge < -0.3 is 24.8 Å². The normalized spacial score (nSPS) is 15.1. The van der Waals surface area contributed by atoms with Crippen LogP contribution in [0.5, 0.6) is 11.6 Å². The second-order valence-electron chi connectivity index (χ2n) is 8.51. The van der Waals surface area contributed by atoms with Crippen molar-refractivity contribution in [1.29, 1.82) is 0 Å². The smallest absolute Gasteiger partial charge is 0.475 e. The zero-order chi connectivity index (χ0) is 26.4. The fourth-order valence-electron chi connectivity index (χ4n) is 3.76. The third-order valence-corrected chi connectivity index (χ3v) is 5.76. The lowest BCUT2D eigenvalue weighted by Crippen LogP contribution is -2.46.